The molecule has 8 heteroatoms. The minimum Gasteiger partial charge on any atom is -0.497 e. The Bertz CT molecular complexity index is 1080. The molecule has 0 spiro atoms. The van der Waals surface area contributed by atoms with E-state index in [1.807, 2.05) is 26.0 Å². The van der Waals surface area contributed by atoms with Gasteiger partial charge in [0, 0.05) is 37.0 Å². The number of nitrogens with one attached hydrogen (secondary N) is 1. The molecule has 3 amide bonds. The van der Waals surface area contributed by atoms with Crippen LogP contribution in [-0.4, -0.2) is 62.0 Å². The third kappa shape index (κ3) is 4.58. The number of piperidine rings is 1. The van der Waals surface area contributed by atoms with Gasteiger partial charge in [-0.2, -0.15) is 0 Å². The van der Waals surface area contributed by atoms with Crippen LogP contribution in [0.15, 0.2) is 42.5 Å². The lowest BCUT2D eigenvalue weighted by Crippen LogP contribution is -2.56. The molecule has 0 aliphatic carbocycles. The van der Waals surface area contributed by atoms with Crippen molar-refractivity contribution in [1.82, 2.24) is 4.90 Å². The highest BCUT2D eigenvalue weighted by molar-refractivity contribution is 6.11. The third-order valence-corrected chi connectivity index (χ3v) is 6.58. The maximum Gasteiger partial charge on any atom is 0.253 e. The fourth-order valence-corrected chi connectivity index (χ4v) is 4.79. The van der Waals surface area contributed by atoms with Gasteiger partial charge in [-0.15, -0.1) is 0 Å². The summed E-state index contributed by atoms with van der Waals surface area (Å²) in [7, 11) is 1.57. The van der Waals surface area contributed by atoms with Gasteiger partial charge in [0.2, 0.25) is 11.8 Å². The average molecular weight is 465 g/mol. The van der Waals surface area contributed by atoms with Crippen LogP contribution in [0.1, 0.15) is 43.5 Å². The molecule has 1 unspecified atom stereocenters. The number of fused-ring (bicyclic) bond motifs is 3. The molecule has 2 aromatic carbocycles. The normalized spacial score (nSPS) is 17.0. The molecule has 2 aliphatic rings. The Morgan fingerprint density at radius 3 is 2.62 bits per heavy atom. The molecule has 34 heavy (non-hydrogen) atoms. The Hall–Kier alpha value is -3.55. The van der Waals surface area contributed by atoms with Crippen LogP contribution < -0.4 is 19.9 Å². The number of anilines is 3. The average Bonchev–Trinajstić information content (AvgIpc) is 2.87. The lowest BCUT2D eigenvalue weighted by molar-refractivity contribution is -0.123. The number of rotatable bonds is 7. The largest absolute Gasteiger partial charge is 0.497 e. The number of hydrogen-bond acceptors (Lipinski definition) is 5. The van der Waals surface area contributed by atoms with Crippen LogP contribution in [0.2, 0.25) is 0 Å². The number of nitrogens with zero attached hydrogens (tertiary/aromatic N) is 3. The van der Waals surface area contributed by atoms with E-state index in [1.165, 1.54) is 4.90 Å². The number of ether oxygens (including phenoxy) is 1. The molecule has 0 aromatic heterocycles. The molecule has 2 aliphatic heterocycles. The zero-order valence-electron chi connectivity index (χ0n) is 20.0. The zero-order chi connectivity index (χ0) is 24.2. The Balaban J connectivity index is 1.65. The molecule has 1 atom stereocenters. The third-order valence-electron chi connectivity index (χ3n) is 6.58. The minimum atomic E-state index is -0.308. The molecule has 2 aromatic rings. The summed E-state index contributed by atoms with van der Waals surface area (Å²) in [5, 5.41) is 2.86. The van der Waals surface area contributed by atoms with Crippen molar-refractivity contribution in [3.8, 4) is 5.75 Å². The molecule has 2 heterocycles. The van der Waals surface area contributed by atoms with Gasteiger partial charge in [0.15, 0.2) is 0 Å². The van der Waals surface area contributed by atoms with Crippen molar-refractivity contribution in [3.63, 3.8) is 0 Å². The van der Waals surface area contributed by atoms with E-state index >= 15 is 0 Å². The van der Waals surface area contributed by atoms with Crippen LogP contribution in [-0.2, 0) is 9.59 Å². The van der Waals surface area contributed by atoms with Gasteiger partial charge >= 0.3 is 0 Å². The van der Waals surface area contributed by atoms with E-state index in [-0.39, 0.29) is 30.3 Å². The fraction of sp³-hybridized carbons (Fsp3) is 0.423. The van der Waals surface area contributed by atoms with Crippen LogP contribution in [0.3, 0.4) is 0 Å². The number of amides is 3. The first-order chi connectivity index (χ1) is 16.5. The molecule has 1 N–H and O–H groups in total. The van der Waals surface area contributed by atoms with Gasteiger partial charge in [-0.3, -0.25) is 19.3 Å². The molecular formula is C26H32N4O4. The first-order valence-corrected chi connectivity index (χ1v) is 11.9. The number of hydrogen-bond donors (Lipinski definition) is 1. The van der Waals surface area contributed by atoms with E-state index in [0.717, 1.165) is 31.5 Å². The Labute approximate surface area is 200 Å². The van der Waals surface area contributed by atoms with E-state index in [9.17, 15) is 14.4 Å². The second-order valence-electron chi connectivity index (χ2n) is 8.59. The second-order valence-corrected chi connectivity index (χ2v) is 8.59. The zero-order valence-corrected chi connectivity index (χ0v) is 20.0. The van der Waals surface area contributed by atoms with Gasteiger partial charge < -0.3 is 19.9 Å². The monoisotopic (exact) mass is 464 g/mol. The fourth-order valence-electron chi connectivity index (χ4n) is 4.79. The molecular weight excluding hydrogens is 432 g/mol. The summed E-state index contributed by atoms with van der Waals surface area (Å²) < 4.78 is 5.23. The van der Waals surface area contributed by atoms with Gasteiger partial charge in [0.1, 0.15) is 18.3 Å². The van der Waals surface area contributed by atoms with Crippen LogP contribution in [0.5, 0.6) is 5.75 Å². The van der Waals surface area contributed by atoms with Crippen molar-refractivity contribution in [2.24, 2.45) is 0 Å². The van der Waals surface area contributed by atoms with Crippen molar-refractivity contribution in [2.45, 2.75) is 39.2 Å². The highest BCUT2D eigenvalue weighted by Gasteiger charge is 2.40. The summed E-state index contributed by atoms with van der Waals surface area (Å²) in [4.78, 5) is 44.9. The van der Waals surface area contributed by atoms with E-state index in [4.69, 9.17) is 4.74 Å². The lowest BCUT2D eigenvalue weighted by atomic mass is 9.95. The van der Waals surface area contributed by atoms with Crippen LogP contribution >= 0.6 is 0 Å². The van der Waals surface area contributed by atoms with Crippen molar-refractivity contribution in [1.29, 1.82) is 0 Å². The molecule has 1 fully saturated rings. The summed E-state index contributed by atoms with van der Waals surface area (Å²) in [5.74, 6) is 0.147. The van der Waals surface area contributed by atoms with E-state index < -0.39 is 0 Å². The quantitative estimate of drug-likeness (QED) is 0.678. The van der Waals surface area contributed by atoms with Crippen molar-refractivity contribution >= 4 is 34.8 Å². The number of benzene rings is 2. The van der Waals surface area contributed by atoms with Crippen LogP contribution in [0.25, 0.3) is 0 Å². The maximum absolute atomic E-state index is 13.5. The summed E-state index contributed by atoms with van der Waals surface area (Å²) in [6.07, 6.45) is 2.75. The SMILES string of the molecule is CCN(CC)C(=O)c1ccc2c(c1)N(CC(=O)Nc1cccc(OC)c1)C(=O)C1CCCCN21. The highest BCUT2D eigenvalue weighted by Crippen LogP contribution is 2.40. The first-order valence-electron chi connectivity index (χ1n) is 11.9. The van der Waals surface area contributed by atoms with Gasteiger partial charge in [-0.05, 0) is 63.4 Å². The number of methoxy groups -OCH3 is 1. The molecule has 180 valence electrons. The predicted octanol–water partition coefficient (Wildman–Crippen LogP) is 3.52. The lowest BCUT2D eigenvalue weighted by Gasteiger charge is -2.45. The van der Waals surface area contributed by atoms with Crippen molar-refractivity contribution in [2.75, 3.05) is 48.4 Å². The summed E-state index contributed by atoms with van der Waals surface area (Å²) >= 11 is 0. The Morgan fingerprint density at radius 1 is 1.09 bits per heavy atom. The van der Waals surface area contributed by atoms with E-state index in [1.54, 1.807) is 42.3 Å². The molecule has 0 radical (unpaired) electrons. The summed E-state index contributed by atoms with van der Waals surface area (Å²) in [6.45, 7) is 5.75. The van der Waals surface area contributed by atoms with E-state index in [2.05, 4.69) is 10.2 Å². The summed E-state index contributed by atoms with van der Waals surface area (Å²) in [5.41, 5.74) is 2.62. The van der Waals surface area contributed by atoms with Gasteiger partial charge in [0.05, 0.1) is 18.5 Å². The topological polar surface area (TPSA) is 82.2 Å². The minimum absolute atomic E-state index is 0.0817. The van der Waals surface area contributed by atoms with Gasteiger partial charge in [-0.25, -0.2) is 0 Å². The predicted molar refractivity (Wildman–Crippen MR) is 133 cm³/mol. The van der Waals surface area contributed by atoms with E-state index in [0.29, 0.717) is 35.8 Å². The van der Waals surface area contributed by atoms with Gasteiger partial charge in [0.25, 0.3) is 5.91 Å². The number of carbonyl (C=O) groups excluding carboxylic acids is 3. The summed E-state index contributed by atoms with van der Waals surface area (Å²) in [6, 6.07) is 12.3. The Morgan fingerprint density at radius 2 is 1.88 bits per heavy atom. The molecule has 0 saturated carbocycles. The highest BCUT2D eigenvalue weighted by atomic mass is 16.5. The van der Waals surface area contributed by atoms with Crippen molar-refractivity contribution in [3.05, 3.63) is 48.0 Å². The van der Waals surface area contributed by atoms with Crippen molar-refractivity contribution < 1.29 is 19.1 Å². The number of carbonyl (C=O) groups is 3. The molecule has 8 nitrogen and oxygen atoms in total. The van der Waals surface area contributed by atoms with Crippen LogP contribution in [0, 0.1) is 0 Å². The Kier molecular flexibility index (Phi) is 7.05. The maximum atomic E-state index is 13.5. The smallest absolute Gasteiger partial charge is 0.253 e. The second kappa shape index (κ2) is 10.2. The molecule has 4 rings (SSSR count). The van der Waals surface area contributed by atoms with Gasteiger partial charge in [-0.1, -0.05) is 6.07 Å². The standard InChI is InChI=1S/C26H32N4O4/c1-4-28(5-2)25(32)18-12-13-21-23(15-18)30(26(33)22-11-6-7-14-29(21)22)17-24(31)27-19-9-8-10-20(16-19)34-3/h8-10,12-13,15-16,22H,4-7,11,14,17H2,1-3H3,(H,27,31). The van der Waals surface area contributed by atoms with Crippen LogP contribution in [0.4, 0.5) is 17.1 Å². The molecule has 0 bridgehead atoms. The molecule has 1 saturated heterocycles. The first kappa shape index (κ1) is 23.6.